The molecule has 0 radical (unpaired) electrons. The lowest BCUT2D eigenvalue weighted by Crippen LogP contribution is -2.20. The molecule has 0 aliphatic heterocycles. The quantitative estimate of drug-likeness (QED) is 0.804. The molecule has 2 aromatic rings. The van der Waals surface area contributed by atoms with E-state index in [-0.39, 0.29) is 18.3 Å². The number of nitrogens with one attached hydrogen (secondary N) is 1. The van der Waals surface area contributed by atoms with Gasteiger partial charge < -0.3 is 10.1 Å². The van der Waals surface area contributed by atoms with E-state index in [1.54, 1.807) is 24.3 Å². The number of ether oxygens (including phenoxy) is 1. The maximum absolute atomic E-state index is 12.1. The highest BCUT2D eigenvalue weighted by Crippen LogP contribution is 2.27. The Labute approximate surface area is 142 Å². The number of carbonyl (C=O) groups excluding carboxylic acids is 2. The first-order valence-corrected chi connectivity index (χ1v) is 8.01. The molecular weight excluding hydrogens is 302 g/mol. The van der Waals surface area contributed by atoms with E-state index in [1.165, 1.54) is 6.92 Å². The monoisotopic (exact) mass is 325 g/mol. The molecule has 0 aromatic heterocycles. The number of carbonyl (C=O) groups is 2. The molecule has 0 saturated carbocycles. The van der Waals surface area contributed by atoms with Gasteiger partial charge >= 0.3 is 0 Å². The van der Waals surface area contributed by atoms with E-state index in [2.05, 4.69) is 19.2 Å². The van der Waals surface area contributed by atoms with Crippen molar-refractivity contribution in [3.8, 4) is 5.75 Å². The van der Waals surface area contributed by atoms with E-state index < -0.39 is 0 Å². The van der Waals surface area contributed by atoms with E-state index in [1.807, 2.05) is 25.1 Å². The number of Topliss-reactive ketones (excluding diaryl/α,β-unsaturated/α-hetero) is 1. The topological polar surface area (TPSA) is 55.4 Å². The lowest BCUT2D eigenvalue weighted by atomic mass is 10.0. The highest BCUT2D eigenvalue weighted by atomic mass is 16.5. The summed E-state index contributed by atoms with van der Waals surface area (Å²) in [4.78, 5) is 23.5. The number of hydrogen-bond acceptors (Lipinski definition) is 3. The third-order valence-corrected chi connectivity index (χ3v) is 3.70. The summed E-state index contributed by atoms with van der Waals surface area (Å²) in [5, 5.41) is 2.75. The van der Waals surface area contributed by atoms with Crippen molar-refractivity contribution < 1.29 is 14.3 Å². The molecule has 0 spiro atoms. The van der Waals surface area contributed by atoms with Gasteiger partial charge in [0, 0.05) is 11.3 Å². The van der Waals surface area contributed by atoms with E-state index in [4.69, 9.17) is 4.74 Å². The summed E-state index contributed by atoms with van der Waals surface area (Å²) in [6, 6.07) is 12.9. The minimum Gasteiger partial charge on any atom is -0.483 e. The normalized spacial score (nSPS) is 10.5. The molecule has 0 aliphatic rings. The summed E-state index contributed by atoms with van der Waals surface area (Å²) in [5.41, 5.74) is 3.31. The Balaban J connectivity index is 2.02. The van der Waals surface area contributed by atoms with Crippen molar-refractivity contribution in [2.75, 3.05) is 11.9 Å². The molecule has 0 atom stereocenters. The van der Waals surface area contributed by atoms with Gasteiger partial charge in [-0.15, -0.1) is 0 Å². The second-order valence-electron chi connectivity index (χ2n) is 6.17. The first-order chi connectivity index (χ1) is 11.4. The van der Waals surface area contributed by atoms with Crippen molar-refractivity contribution in [3.63, 3.8) is 0 Å². The number of benzene rings is 2. The molecule has 4 heteroatoms. The van der Waals surface area contributed by atoms with Gasteiger partial charge in [-0.2, -0.15) is 0 Å². The van der Waals surface area contributed by atoms with Crippen LogP contribution in [0.2, 0.25) is 0 Å². The van der Waals surface area contributed by atoms with Crippen molar-refractivity contribution in [3.05, 3.63) is 59.2 Å². The van der Waals surface area contributed by atoms with Crippen LogP contribution in [0.1, 0.15) is 48.2 Å². The molecule has 0 fully saturated rings. The molecule has 24 heavy (non-hydrogen) atoms. The van der Waals surface area contributed by atoms with Crippen LogP contribution in [0.3, 0.4) is 0 Å². The number of aryl methyl sites for hydroxylation is 1. The summed E-state index contributed by atoms with van der Waals surface area (Å²) >= 11 is 0. The first-order valence-electron chi connectivity index (χ1n) is 8.01. The Bertz CT molecular complexity index is 750. The Hall–Kier alpha value is -2.62. The molecule has 0 saturated heterocycles. The highest BCUT2D eigenvalue weighted by molar-refractivity contribution is 5.97. The number of rotatable bonds is 6. The van der Waals surface area contributed by atoms with E-state index in [0.29, 0.717) is 17.2 Å². The Kier molecular flexibility index (Phi) is 5.74. The molecule has 126 valence electrons. The number of amides is 1. The minimum atomic E-state index is -0.257. The van der Waals surface area contributed by atoms with Crippen LogP contribution in [0.15, 0.2) is 42.5 Å². The molecule has 0 unspecified atom stereocenters. The lowest BCUT2D eigenvalue weighted by molar-refractivity contribution is -0.118. The number of anilines is 1. The van der Waals surface area contributed by atoms with Gasteiger partial charge in [0.15, 0.2) is 12.4 Å². The Morgan fingerprint density at radius 2 is 1.88 bits per heavy atom. The van der Waals surface area contributed by atoms with Gasteiger partial charge in [-0.25, -0.2) is 0 Å². The minimum absolute atomic E-state index is 0.0383. The van der Waals surface area contributed by atoms with Crippen LogP contribution in [0.25, 0.3) is 0 Å². The summed E-state index contributed by atoms with van der Waals surface area (Å²) < 4.78 is 5.71. The van der Waals surface area contributed by atoms with Gasteiger partial charge in [0.2, 0.25) is 0 Å². The average Bonchev–Trinajstić information content (AvgIpc) is 2.53. The van der Waals surface area contributed by atoms with Crippen molar-refractivity contribution in [2.45, 2.75) is 33.6 Å². The molecule has 0 bridgehead atoms. The molecule has 0 aliphatic carbocycles. The molecule has 0 heterocycles. The molecule has 2 rings (SSSR count). The zero-order chi connectivity index (χ0) is 17.7. The number of hydrogen-bond donors (Lipinski definition) is 1. The number of ketones is 1. The van der Waals surface area contributed by atoms with Gasteiger partial charge in [-0.1, -0.05) is 38.1 Å². The molecule has 1 N–H and O–H groups in total. The highest BCUT2D eigenvalue weighted by Gasteiger charge is 2.11. The predicted molar refractivity (Wildman–Crippen MR) is 95.8 cm³/mol. The van der Waals surface area contributed by atoms with Crippen molar-refractivity contribution >= 4 is 17.4 Å². The SMILES string of the molecule is CC(=O)c1cccc(NC(=O)COc2cc(C)ccc2C(C)C)c1. The zero-order valence-electron chi connectivity index (χ0n) is 14.6. The first kappa shape index (κ1) is 17.7. The molecule has 1 amide bonds. The zero-order valence-corrected chi connectivity index (χ0v) is 14.6. The van der Waals surface area contributed by atoms with Crippen LogP contribution in [0, 0.1) is 6.92 Å². The standard InChI is InChI=1S/C20H23NO3/c1-13(2)18-9-8-14(3)10-19(18)24-12-20(23)21-17-7-5-6-16(11-17)15(4)22/h5-11,13H,12H2,1-4H3,(H,21,23). The second-order valence-corrected chi connectivity index (χ2v) is 6.17. The van der Waals surface area contributed by atoms with Crippen LogP contribution in [-0.2, 0) is 4.79 Å². The summed E-state index contributed by atoms with van der Waals surface area (Å²) in [7, 11) is 0. The van der Waals surface area contributed by atoms with Gasteiger partial charge in [0.05, 0.1) is 0 Å². The average molecular weight is 325 g/mol. The maximum atomic E-state index is 12.1. The van der Waals surface area contributed by atoms with E-state index >= 15 is 0 Å². The third-order valence-electron chi connectivity index (χ3n) is 3.70. The smallest absolute Gasteiger partial charge is 0.262 e. The molecule has 2 aromatic carbocycles. The van der Waals surface area contributed by atoms with Crippen molar-refractivity contribution in [2.24, 2.45) is 0 Å². The van der Waals surface area contributed by atoms with E-state index in [0.717, 1.165) is 16.9 Å². The van der Waals surface area contributed by atoms with Crippen LogP contribution in [-0.4, -0.2) is 18.3 Å². The van der Waals surface area contributed by atoms with Crippen LogP contribution >= 0.6 is 0 Å². The van der Waals surface area contributed by atoms with Crippen LogP contribution in [0.5, 0.6) is 5.75 Å². The second kappa shape index (κ2) is 7.77. The predicted octanol–water partition coefficient (Wildman–Crippen LogP) is 4.34. The largest absolute Gasteiger partial charge is 0.483 e. The molecule has 4 nitrogen and oxygen atoms in total. The Morgan fingerprint density at radius 1 is 1.12 bits per heavy atom. The van der Waals surface area contributed by atoms with Crippen LogP contribution < -0.4 is 10.1 Å². The van der Waals surface area contributed by atoms with Gasteiger partial charge in [-0.05, 0) is 49.1 Å². The van der Waals surface area contributed by atoms with Gasteiger partial charge in [0.1, 0.15) is 5.75 Å². The van der Waals surface area contributed by atoms with Crippen molar-refractivity contribution in [1.29, 1.82) is 0 Å². The summed E-state index contributed by atoms with van der Waals surface area (Å²) in [6.07, 6.45) is 0. The van der Waals surface area contributed by atoms with Crippen LogP contribution in [0.4, 0.5) is 5.69 Å². The Morgan fingerprint density at radius 3 is 2.54 bits per heavy atom. The third kappa shape index (κ3) is 4.69. The van der Waals surface area contributed by atoms with Gasteiger partial charge in [0.25, 0.3) is 5.91 Å². The summed E-state index contributed by atoms with van der Waals surface area (Å²) in [5.74, 6) is 0.754. The van der Waals surface area contributed by atoms with E-state index in [9.17, 15) is 9.59 Å². The fraction of sp³-hybridized carbons (Fsp3) is 0.300. The fourth-order valence-corrected chi connectivity index (χ4v) is 2.40. The lowest BCUT2D eigenvalue weighted by Gasteiger charge is -2.15. The maximum Gasteiger partial charge on any atom is 0.262 e. The fourth-order valence-electron chi connectivity index (χ4n) is 2.40. The van der Waals surface area contributed by atoms with Gasteiger partial charge in [-0.3, -0.25) is 9.59 Å². The van der Waals surface area contributed by atoms with Crippen molar-refractivity contribution in [1.82, 2.24) is 0 Å². The molecular formula is C20H23NO3. The summed E-state index contributed by atoms with van der Waals surface area (Å²) in [6.45, 7) is 7.59.